The SMILES string of the molecule is C[C@H]1CC[C@H](NC(=O)c2cc3nc(Nc4cnccc4C(F)(F)F)[nH]c3nc2OCC(F)F)CC1. The van der Waals surface area contributed by atoms with Crippen LogP contribution in [0.1, 0.15) is 48.5 Å². The van der Waals surface area contributed by atoms with Gasteiger partial charge in [-0.25, -0.2) is 13.8 Å². The minimum atomic E-state index is -4.63. The van der Waals surface area contributed by atoms with Crippen LogP contribution < -0.4 is 15.4 Å². The van der Waals surface area contributed by atoms with Gasteiger partial charge in [0.15, 0.2) is 12.3 Å². The van der Waals surface area contributed by atoms with Crippen molar-refractivity contribution in [3.63, 3.8) is 0 Å². The van der Waals surface area contributed by atoms with Crippen molar-refractivity contribution in [1.82, 2.24) is 25.3 Å². The van der Waals surface area contributed by atoms with Crippen LogP contribution in [0.15, 0.2) is 24.5 Å². The zero-order valence-electron chi connectivity index (χ0n) is 18.6. The molecule has 13 heteroatoms. The van der Waals surface area contributed by atoms with Gasteiger partial charge in [0.25, 0.3) is 12.3 Å². The van der Waals surface area contributed by atoms with E-state index in [2.05, 4.69) is 37.5 Å². The number of carbonyl (C=O) groups is 1. The van der Waals surface area contributed by atoms with Crippen molar-refractivity contribution >= 4 is 28.7 Å². The number of fused-ring (bicyclic) bond motifs is 1. The summed E-state index contributed by atoms with van der Waals surface area (Å²) in [5.41, 5.74) is -1.22. The van der Waals surface area contributed by atoms with E-state index in [-0.39, 0.29) is 40.3 Å². The van der Waals surface area contributed by atoms with E-state index in [1.807, 2.05) is 0 Å². The molecule has 0 spiro atoms. The van der Waals surface area contributed by atoms with Crippen LogP contribution in [0.5, 0.6) is 5.88 Å². The van der Waals surface area contributed by atoms with Gasteiger partial charge in [0, 0.05) is 12.2 Å². The first-order valence-corrected chi connectivity index (χ1v) is 11.0. The first-order chi connectivity index (χ1) is 16.6. The average molecular weight is 498 g/mol. The van der Waals surface area contributed by atoms with E-state index in [0.717, 1.165) is 44.1 Å². The van der Waals surface area contributed by atoms with E-state index in [1.165, 1.54) is 6.07 Å². The number of nitrogens with one attached hydrogen (secondary N) is 3. The molecule has 0 atom stereocenters. The molecule has 0 unspecified atom stereocenters. The normalized spacial score (nSPS) is 18.6. The Morgan fingerprint density at radius 2 is 1.97 bits per heavy atom. The van der Waals surface area contributed by atoms with Crippen LogP contribution in [0.4, 0.5) is 33.6 Å². The number of rotatable bonds is 7. The second-order valence-corrected chi connectivity index (χ2v) is 8.47. The lowest BCUT2D eigenvalue weighted by atomic mass is 9.87. The summed E-state index contributed by atoms with van der Waals surface area (Å²) in [6.07, 6.45) is -1.93. The first kappa shape index (κ1) is 24.6. The van der Waals surface area contributed by atoms with Crippen molar-refractivity contribution in [3.05, 3.63) is 35.7 Å². The van der Waals surface area contributed by atoms with Crippen LogP contribution in [0.2, 0.25) is 0 Å². The van der Waals surface area contributed by atoms with Gasteiger partial charge in [0.1, 0.15) is 11.1 Å². The first-order valence-electron chi connectivity index (χ1n) is 11.0. The maximum absolute atomic E-state index is 13.3. The summed E-state index contributed by atoms with van der Waals surface area (Å²) in [5.74, 6) is -0.414. The summed E-state index contributed by atoms with van der Waals surface area (Å²) < 4.78 is 70.5. The fourth-order valence-electron chi connectivity index (χ4n) is 3.93. The topological polar surface area (TPSA) is 105 Å². The molecule has 35 heavy (non-hydrogen) atoms. The molecule has 1 fully saturated rings. The standard InChI is InChI=1S/C22H23F5N6O2/c1-11-2-4-12(5-3-11)29-19(34)13-8-15-18(32-20(13)35-10-17(23)24)33-21(30-15)31-16-9-28-7-6-14(16)22(25,26)27/h6-9,11-12,17H,2-5,10H2,1H3,(H,29,34)(H2,30,31,32,33)/t11-,12-. The second kappa shape index (κ2) is 10.0. The molecule has 0 radical (unpaired) electrons. The minimum Gasteiger partial charge on any atom is -0.471 e. The molecule has 1 aliphatic carbocycles. The Bertz CT molecular complexity index is 1190. The fourth-order valence-corrected chi connectivity index (χ4v) is 3.93. The molecule has 3 heterocycles. The van der Waals surface area contributed by atoms with Gasteiger partial charge in [0.05, 0.1) is 17.4 Å². The average Bonchev–Trinajstić information content (AvgIpc) is 3.19. The lowest BCUT2D eigenvalue weighted by Gasteiger charge is -2.27. The number of pyridine rings is 2. The van der Waals surface area contributed by atoms with E-state index in [9.17, 15) is 26.7 Å². The van der Waals surface area contributed by atoms with Crippen molar-refractivity contribution in [2.45, 2.75) is 51.3 Å². The predicted molar refractivity (Wildman–Crippen MR) is 117 cm³/mol. The summed E-state index contributed by atoms with van der Waals surface area (Å²) in [6, 6.07) is 2.05. The zero-order valence-corrected chi connectivity index (χ0v) is 18.6. The Morgan fingerprint density at radius 1 is 1.23 bits per heavy atom. The molecule has 0 saturated heterocycles. The summed E-state index contributed by atoms with van der Waals surface area (Å²) in [7, 11) is 0. The molecule has 3 N–H and O–H groups in total. The smallest absolute Gasteiger partial charge is 0.418 e. The minimum absolute atomic E-state index is 0.0391. The Morgan fingerprint density at radius 3 is 2.66 bits per heavy atom. The lowest BCUT2D eigenvalue weighted by Crippen LogP contribution is -2.37. The lowest BCUT2D eigenvalue weighted by molar-refractivity contribution is -0.137. The summed E-state index contributed by atoms with van der Waals surface area (Å²) in [6.45, 7) is 1.15. The molecule has 0 bridgehead atoms. The fraction of sp³-hybridized carbons (Fsp3) is 0.455. The zero-order chi connectivity index (χ0) is 25.2. The molecule has 0 aliphatic heterocycles. The number of alkyl halides is 5. The largest absolute Gasteiger partial charge is 0.471 e. The quantitative estimate of drug-likeness (QED) is 0.393. The molecule has 188 valence electrons. The molecular weight excluding hydrogens is 475 g/mol. The van der Waals surface area contributed by atoms with E-state index in [0.29, 0.717) is 5.92 Å². The van der Waals surface area contributed by atoms with E-state index in [1.54, 1.807) is 0 Å². The van der Waals surface area contributed by atoms with Crippen molar-refractivity contribution in [1.29, 1.82) is 0 Å². The number of halogens is 5. The maximum atomic E-state index is 13.3. The van der Waals surface area contributed by atoms with Gasteiger partial charge in [-0.05, 0) is 43.7 Å². The summed E-state index contributed by atoms with van der Waals surface area (Å²) in [4.78, 5) is 27.6. The summed E-state index contributed by atoms with van der Waals surface area (Å²) >= 11 is 0. The molecule has 1 aliphatic rings. The van der Waals surface area contributed by atoms with Gasteiger partial charge >= 0.3 is 6.18 Å². The van der Waals surface area contributed by atoms with Gasteiger partial charge in [-0.15, -0.1) is 0 Å². The molecule has 1 amide bonds. The Hall–Kier alpha value is -3.51. The highest BCUT2D eigenvalue weighted by atomic mass is 19.4. The molecule has 3 aromatic rings. The van der Waals surface area contributed by atoms with Gasteiger partial charge < -0.3 is 20.4 Å². The molecule has 3 aromatic heterocycles. The third kappa shape index (κ3) is 5.95. The van der Waals surface area contributed by atoms with Crippen LogP contribution >= 0.6 is 0 Å². The van der Waals surface area contributed by atoms with Crippen LogP contribution in [-0.2, 0) is 6.18 Å². The monoisotopic (exact) mass is 498 g/mol. The van der Waals surface area contributed by atoms with E-state index >= 15 is 0 Å². The van der Waals surface area contributed by atoms with E-state index < -0.39 is 30.7 Å². The molecule has 1 saturated carbocycles. The highest BCUT2D eigenvalue weighted by Gasteiger charge is 2.34. The maximum Gasteiger partial charge on any atom is 0.418 e. The number of ether oxygens (including phenoxy) is 1. The number of carbonyl (C=O) groups excluding carboxylic acids is 1. The second-order valence-electron chi connectivity index (χ2n) is 8.47. The number of amides is 1. The number of nitrogens with zero attached hydrogens (tertiary/aromatic N) is 3. The van der Waals surface area contributed by atoms with Crippen LogP contribution in [0.3, 0.4) is 0 Å². The Kier molecular flexibility index (Phi) is 7.03. The van der Waals surface area contributed by atoms with Crippen molar-refractivity contribution in [2.24, 2.45) is 5.92 Å². The van der Waals surface area contributed by atoms with E-state index in [4.69, 9.17) is 4.74 Å². The van der Waals surface area contributed by atoms with Crippen LogP contribution in [0, 0.1) is 5.92 Å². The van der Waals surface area contributed by atoms with Crippen LogP contribution in [0.25, 0.3) is 11.2 Å². The Balaban J connectivity index is 1.63. The van der Waals surface area contributed by atoms with Crippen LogP contribution in [-0.4, -0.2) is 44.9 Å². The molecule has 0 aromatic carbocycles. The third-order valence-corrected chi connectivity index (χ3v) is 5.76. The highest BCUT2D eigenvalue weighted by molar-refractivity contribution is 5.99. The van der Waals surface area contributed by atoms with Crippen molar-refractivity contribution in [2.75, 3.05) is 11.9 Å². The number of anilines is 2. The van der Waals surface area contributed by atoms with Crippen molar-refractivity contribution < 1.29 is 31.5 Å². The van der Waals surface area contributed by atoms with Gasteiger partial charge in [-0.1, -0.05) is 6.92 Å². The van der Waals surface area contributed by atoms with Gasteiger partial charge in [0.2, 0.25) is 11.8 Å². The molecular formula is C22H23F5N6O2. The third-order valence-electron chi connectivity index (χ3n) is 5.76. The van der Waals surface area contributed by atoms with Crippen molar-refractivity contribution in [3.8, 4) is 5.88 Å². The number of hydrogen-bond donors (Lipinski definition) is 3. The summed E-state index contributed by atoms with van der Waals surface area (Å²) in [5, 5.41) is 5.39. The van der Waals surface area contributed by atoms with Gasteiger partial charge in [-0.3, -0.25) is 9.78 Å². The highest BCUT2D eigenvalue weighted by Crippen LogP contribution is 2.35. The predicted octanol–water partition coefficient (Wildman–Crippen LogP) is 5.07. The number of hydrogen-bond acceptors (Lipinski definition) is 6. The Labute approximate surface area is 196 Å². The number of aromatic nitrogens is 4. The number of H-pyrrole nitrogens is 1. The number of aromatic amines is 1. The molecule has 8 nitrogen and oxygen atoms in total. The number of imidazole rings is 1. The van der Waals surface area contributed by atoms with Gasteiger partial charge in [-0.2, -0.15) is 18.2 Å². The molecule has 4 rings (SSSR count).